The van der Waals surface area contributed by atoms with Crippen molar-refractivity contribution in [1.29, 1.82) is 0 Å². The van der Waals surface area contributed by atoms with Crippen LogP contribution in [0, 0.1) is 6.92 Å². The molecule has 2 aromatic carbocycles. The van der Waals surface area contributed by atoms with E-state index in [0.717, 1.165) is 27.8 Å². The number of nitrogens with two attached hydrogens (primary N) is 1. The fourth-order valence-corrected chi connectivity index (χ4v) is 3.76. The van der Waals surface area contributed by atoms with Crippen LogP contribution in [0.2, 0.25) is 0 Å². The van der Waals surface area contributed by atoms with E-state index >= 15 is 0 Å². The minimum Gasteiger partial charge on any atom is -0.497 e. The van der Waals surface area contributed by atoms with Gasteiger partial charge >= 0.3 is 5.63 Å². The van der Waals surface area contributed by atoms with E-state index in [9.17, 15) is 4.79 Å². The minimum absolute atomic E-state index is 0.373. The van der Waals surface area contributed by atoms with Crippen LogP contribution in [-0.4, -0.2) is 22.0 Å². The van der Waals surface area contributed by atoms with Crippen molar-refractivity contribution in [2.45, 2.75) is 17.8 Å². The van der Waals surface area contributed by atoms with Gasteiger partial charge in [-0.05, 0) is 48.4 Å². The molecule has 0 spiro atoms. The molecule has 0 bridgehead atoms. The second-order valence-corrected chi connectivity index (χ2v) is 7.23. The lowest BCUT2D eigenvalue weighted by atomic mass is 10.1. The van der Waals surface area contributed by atoms with Gasteiger partial charge in [0.2, 0.25) is 5.16 Å². The zero-order chi connectivity index (χ0) is 19.7. The Balaban J connectivity index is 1.60. The van der Waals surface area contributed by atoms with Gasteiger partial charge in [0.25, 0.3) is 0 Å². The molecule has 0 fully saturated rings. The van der Waals surface area contributed by atoms with E-state index in [-0.39, 0.29) is 5.63 Å². The number of thioether (sulfide) groups is 1. The highest BCUT2D eigenvalue weighted by Crippen LogP contribution is 2.28. The lowest BCUT2D eigenvalue weighted by Gasteiger charge is -2.07. The Morgan fingerprint density at radius 2 is 1.93 bits per heavy atom. The van der Waals surface area contributed by atoms with Gasteiger partial charge < -0.3 is 15.0 Å². The predicted octanol–water partition coefficient (Wildman–Crippen LogP) is 3.37. The third-order valence-corrected chi connectivity index (χ3v) is 5.35. The van der Waals surface area contributed by atoms with Gasteiger partial charge in [0, 0.05) is 22.8 Å². The van der Waals surface area contributed by atoms with Gasteiger partial charge in [-0.1, -0.05) is 23.9 Å². The molecule has 8 heteroatoms. The molecule has 7 nitrogen and oxygen atoms in total. The molecule has 4 rings (SSSR count). The Kier molecular flexibility index (Phi) is 4.79. The van der Waals surface area contributed by atoms with Crippen molar-refractivity contribution >= 4 is 22.7 Å². The normalized spacial score (nSPS) is 11.1. The van der Waals surface area contributed by atoms with Gasteiger partial charge in [0.05, 0.1) is 7.11 Å². The molecule has 0 radical (unpaired) electrons. The number of hydrogen-bond acceptors (Lipinski definition) is 7. The first-order valence-corrected chi connectivity index (χ1v) is 9.55. The molecule has 0 aliphatic rings. The molecular formula is C20H18N4O3S. The summed E-state index contributed by atoms with van der Waals surface area (Å²) in [6, 6.07) is 14.7. The summed E-state index contributed by atoms with van der Waals surface area (Å²) in [6.45, 7) is 1.96. The Labute approximate surface area is 165 Å². The summed E-state index contributed by atoms with van der Waals surface area (Å²) in [6.07, 6.45) is 0. The summed E-state index contributed by atoms with van der Waals surface area (Å²) >= 11 is 1.41. The fraction of sp³-hybridized carbons (Fsp3) is 0.150. The van der Waals surface area contributed by atoms with Gasteiger partial charge in [-0.15, -0.1) is 10.2 Å². The van der Waals surface area contributed by atoms with Crippen LogP contribution in [0.15, 0.2) is 62.9 Å². The van der Waals surface area contributed by atoms with Crippen molar-refractivity contribution in [3.05, 3.63) is 70.1 Å². The maximum Gasteiger partial charge on any atom is 0.336 e. The number of ether oxygens (including phenoxy) is 1. The van der Waals surface area contributed by atoms with Gasteiger partial charge in [-0.2, -0.15) is 0 Å². The molecule has 2 aromatic heterocycles. The first kappa shape index (κ1) is 18.1. The average molecular weight is 394 g/mol. The predicted molar refractivity (Wildman–Crippen MR) is 109 cm³/mol. The highest BCUT2D eigenvalue weighted by atomic mass is 32.2. The maximum absolute atomic E-state index is 11.9. The van der Waals surface area contributed by atoms with E-state index in [0.29, 0.717) is 22.3 Å². The summed E-state index contributed by atoms with van der Waals surface area (Å²) in [5, 5.41) is 9.83. The molecular weight excluding hydrogens is 376 g/mol. The fourth-order valence-electron chi connectivity index (χ4n) is 2.91. The van der Waals surface area contributed by atoms with Crippen molar-refractivity contribution in [2.24, 2.45) is 0 Å². The van der Waals surface area contributed by atoms with Crippen molar-refractivity contribution in [1.82, 2.24) is 14.9 Å². The molecule has 0 aliphatic carbocycles. The third-order valence-electron chi connectivity index (χ3n) is 4.36. The summed E-state index contributed by atoms with van der Waals surface area (Å²) < 4.78 is 11.9. The second-order valence-electron chi connectivity index (χ2n) is 6.28. The van der Waals surface area contributed by atoms with Crippen LogP contribution in [0.5, 0.6) is 5.75 Å². The minimum atomic E-state index is -0.373. The molecule has 2 N–H and O–H groups in total. The van der Waals surface area contributed by atoms with Crippen LogP contribution in [-0.2, 0) is 5.75 Å². The molecule has 0 unspecified atom stereocenters. The molecule has 0 aliphatic heterocycles. The lowest BCUT2D eigenvalue weighted by Crippen LogP contribution is -2.11. The average Bonchev–Trinajstić information content (AvgIpc) is 3.06. The molecule has 28 heavy (non-hydrogen) atoms. The van der Waals surface area contributed by atoms with E-state index in [1.54, 1.807) is 7.11 Å². The Morgan fingerprint density at radius 1 is 1.14 bits per heavy atom. The van der Waals surface area contributed by atoms with E-state index in [1.165, 1.54) is 22.5 Å². The molecule has 142 valence electrons. The van der Waals surface area contributed by atoms with Crippen LogP contribution >= 0.6 is 11.8 Å². The van der Waals surface area contributed by atoms with Crippen LogP contribution < -0.4 is 16.2 Å². The molecule has 0 amide bonds. The Morgan fingerprint density at radius 3 is 2.68 bits per heavy atom. The Hall–Kier alpha value is -3.26. The van der Waals surface area contributed by atoms with Crippen molar-refractivity contribution in [3.8, 4) is 17.1 Å². The van der Waals surface area contributed by atoms with E-state index in [2.05, 4.69) is 10.2 Å². The summed E-state index contributed by atoms with van der Waals surface area (Å²) in [5.74, 6) is 8.02. The standard InChI is InChI=1S/C20H18N4O3S/c1-12-3-8-16-14(10-18(25)27-17(16)9-12)11-28-20-23-22-19(24(20)21)13-4-6-15(26-2)7-5-13/h3-10H,11,21H2,1-2H3. The lowest BCUT2D eigenvalue weighted by molar-refractivity contribution is 0.415. The maximum atomic E-state index is 11.9. The number of aryl methyl sites for hydroxylation is 1. The number of benzene rings is 2. The monoisotopic (exact) mass is 394 g/mol. The summed E-state index contributed by atoms with van der Waals surface area (Å²) in [5.41, 5.74) is 2.94. The number of nitrogens with zero attached hydrogens (tertiary/aromatic N) is 3. The number of hydrogen-bond donors (Lipinski definition) is 1. The van der Waals surface area contributed by atoms with Gasteiger partial charge in [0.1, 0.15) is 11.3 Å². The zero-order valence-electron chi connectivity index (χ0n) is 15.4. The van der Waals surface area contributed by atoms with Crippen LogP contribution in [0.25, 0.3) is 22.4 Å². The summed E-state index contributed by atoms with van der Waals surface area (Å²) in [7, 11) is 1.62. The second kappa shape index (κ2) is 7.40. The molecule has 4 aromatic rings. The zero-order valence-corrected chi connectivity index (χ0v) is 16.2. The van der Waals surface area contributed by atoms with E-state index < -0.39 is 0 Å². The number of nitrogen functional groups attached to an aromatic ring is 1. The van der Waals surface area contributed by atoms with Gasteiger partial charge in [0.15, 0.2) is 5.82 Å². The largest absolute Gasteiger partial charge is 0.497 e. The van der Waals surface area contributed by atoms with Crippen molar-refractivity contribution in [2.75, 3.05) is 13.0 Å². The number of fused-ring (bicyclic) bond motifs is 1. The van der Waals surface area contributed by atoms with Crippen molar-refractivity contribution in [3.63, 3.8) is 0 Å². The topological polar surface area (TPSA) is 96.2 Å². The highest BCUT2D eigenvalue weighted by Gasteiger charge is 2.14. The van der Waals surface area contributed by atoms with Crippen LogP contribution in [0.3, 0.4) is 0 Å². The van der Waals surface area contributed by atoms with Crippen molar-refractivity contribution < 1.29 is 9.15 Å². The highest BCUT2D eigenvalue weighted by molar-refractivity contribution is 7.98. The molecule has 2 heterocycles. The first-order chi connectivity index (χ1) is 13.5. The SMILES string of the molecule is COc1ccc(-c2nnc(SCc3cc(=O)oc4cc(C)ccc34)n2N)cc1. The quantitative estimate of drug-likeness (QED) is 0.315. The smallest absolute Gasteiger partial charge is 0.336 e. The van der Waals surface area contributed by atoms with E-state index in [4.69, 9.17) is 15.0 Å². The van der Waals surface area contributed by atoms with Gasteiger partial charge in [-0.3, -0.25) is 0 Å². The summed E-state index contributed by atoms with van der Waals surface area (Å²) in [4.78, 5) is 11.9. The molecule has 0 saturated heterocycles. The van der Waals surface area contributed by atoms with Gasteiger partial charge in [-0.25, -0.2) is 9.47 Å². The molecule has 0 saturated carbocycles. The third kappa shape index (κ3) is 3.46. The number of aromatic nitrogens is 3. The van der Waals surface area contributed by atoms with E-state index in [1.807, 2.05) is 49.4 Å². The first-order valence-electron chi connectivity index (χ1n) is 8.56. The number of rotatable bonds is 5. The van der Waals surface area contributed by atoms with Crippen LogP contribution in [0.4, 0.5) is 0 Å². The number of methoxy groups -OCH3 is 1. The van der Waals surface area contributed by atoms with Crippen LogP contribution in [0.1, 0.15) is 11.1 Å². The Bertz CT molecular complexity index is 1200. The molecule has 0 atom stereocenters.